The SMILES string of the molecule is Cn1ccnc1CNS(=O)(=O)c1c[nH]c(CO)c1. The van der Waals surface area contributed by atoms with E-state index in [1.54, 1.807) is 24.0 Å². The maximum atomic E-state index is 11.9. The summed E-state index contributed by atoms with van der Waals surface area (Å²) in [7, 11) is -1.80. The molecule has 0 atom stereocenters. The van der Waals surface area contributed by atoms with E-state index >= 15 is 0 Å². The zero-order valence-corrected chi connectivity index (χ0v) is 10.6. The number of nitrogens with one attached hydrogen (secondary N) is 2. The second-order valence-corrected chi connectivity index (χ2v) is 5.56. The average molecular weight is 270 g/mol. The Hall–Kier alpha value is -1.64. The van der Waals surface area contributed by atoms with E-state index in [-0.39, 0.29) is 18.0 Å². The van der Waals surface area contributed by atoms with E-state index in [1.165, 1.54) is 12.3 Å². The summed E-state index contributed by atoms with van der Waals surface area (Å²) in [5.74, 6) is 0.622. The van der Waals surface area contributed by atoms with Gasteiger partial charge in [0.15, 0.2) is 0 Å². The number of aromatic amines is 1. The van der Waals surface area contributed by atoms with Gasteiger partial charge in [-0.2, -0.15) is 0 Å². The monoisotopic (exact) mass is 270 g/mol. The van der Waals surface area contributed by atoms with Crippen LogP contribution in [0.3, 0.4) is 0 Å². The molecule has 0 bridgehead atoms. The Morgan fingerprint density at radius 3 is 2.89 bits per heavy atom. The van der Waals surface area contributed by atoms with Crippen molar-refractivity contribution in [1.29, 1.82) is 0 Å². The summed E-state index contributed by atoms with van der Waals surface area (Å²) < 4.78 is 28.0. The van der Waals surface area contributed by atoms with Gasteiger partial charge in [-0.1, -0.05) is 0 Å². The van der Waals surface area contributed by atoms with E-state index in [4.69, 9.17) is 5.11 Å². The summed E-state index contributed by atoms with van der Waals surface area (Å²) in [6.07, 6.45) is 4.68. The van der Waals surface area contributed by atoms with Crippen LogP contribution in [-0.4, -0.2) is 28.1 Å². The van der Waals surface area contributed by atoms with Gasteiger partial charge in [0.25, 0.3) is 0 Å². The van der Waals surface area contributed by atoms with Crippen molar-refractivity contribution < 1.29 is 13.5 Å². The largest absolute Gasteiger partial charge is 0.390 e. The third-order valence-electron chi connectivity index (χ3n) is 2.54. The van der Waals surface area contributed by atoms with Crippen molar-refractivity contribution in [2.45, 2.75) is 18.0 Å². The van der Waals surface area contributed by atoms with E-state index < -0.39 is 10.0 Å². The van der Waals surface area contributed by atoms with Crippen LogP contribution in [0.4, 0.5) is 0 Å². The number of hydrogen-bond acceptors (Lipinski definition) is 4. The molecule has 2 aromatic heterocycles. The summed E-state index contributed by atoms with van der Waals surface area (Å²) in [5.41, 5.74) is 0.451. The topological polar surface area (TPSA) is 100 Å². The van der Waals surface area contributed by atoms with Crippen molar-refractivity contribution >= 4 is 10.0 Å². The number of hydrogen-bond donors (Lipinski definition) is 3. The zero-order chi connectivity index (χ0) is 13.2. The minimum Gasteiger partial charge on any atom is -0.390 e. The molecule has 18 heavy (non-hydrogen) atoms. The van der Waals surface area contributed by atoms with Gasteiger partial charge in [-0.15, -0.1) is 0 Å². The van der Waals surface area contributed by atoms with Crippen LogP contribution in [-0.2, 0) is 30.2 Å². The Kier molecular flexibility index (Phi) is 3.50. The van der Waals surface area contributed by atoms with Crippen LogP contribution in [0.25, 0.3) is 0 Å². The van der Waals surface area contributed by atoms with Crippen molar-refractivity contribution in [3.63, 3.8) is 0 Å². The molecule has 0 radical (unpaired) electrons. The molecule has 0 saturated carbocycles. The smallest absolute Gasteiger partial charge is 0.242 e. The summed E-state index contributed by atoms with van der Waals surface area (Å²) in [6, 6.07) is 1.39. The first-order valence-corrected chi connectivity index (χ1v) is 6.75. The lowest BCUT2D eigenvalue weighted by atomic mass is 10.5. The van der Waals surface area contributed by atoms with Crippen molar-refractivity contribution in [1.82, 2.24) is 19.3 Å². The predicted molar refractivity (Wildman–Crippen MR) is 63.9 cm³/mol. The highest BCUT2D eigenvalue weighted by Crippen LogP contribution is 2.11. The lowest BCUT2D eigenvalue weighted by Crippen LogP contribution is -2.24. The van der Waals surface area contributed by atoms with Crippen molar-refractivity contribution in [2.75, 3.05) is 0 Å². The van der Waals surface area contributed by atoms with Crippen molar-refractivity contribution in [2.24, 2.45) is 7.05 Å². The summed E-state index contributed by atoms with van der Waals surface area (Å²) >= 11 is 0. The van der Waals surface area contributed by atoms with Crippen LogP contribution in [0.1, 0.15) is 11.5 Å². The number of aryl methyl sites for hydroxylation is 1. The zero-order valence-electron chi connectivity index (χ0n) is 9.79. The standard InChI is InChI=1S/C10H14N4O3S/c1-14-3-2-11-10(14)6-13-18(16,17)9-4-8(7-15)12-5-9/h2-5,12-13,15H,6-7H2,1H3. The number of sulfonamides is 1. The minimum atomic E-state index is -3.59. The number of imidazole rings is 1. The van der Waals surface area contributed by atoms with Crippen LogP contribution in [0.5, 0.6) is 0 Å². The molecule has 0 aliphatic heterocycles. The number of aromatic nitrogens is 3. The van der Waals surface area contributed by atoms with Gasteiger partial charge in [-0.05, 0) is 6.07 Å². The average Bonchev–Trinajstić information content (AvgIpc) is 2.95. The van der Waals surface area contributed by atoms with Gasteiger partial charge in [0.05, 0.1) is 18.0 Å². The molecule has 98 valence electrons. The van der Waals surface area contributed by atoms with Gasteiger partial charge in [-0.3, -0.25) is 0 Å². The molecule has 0 amide bonds. The number of H-pyrrole nitrogens is 1. The molecule has 2 heterocycles. The Morgan fingerprint density at radius 2 is 2.33 bits per heavy atom. The van der Waals surface area contributed by atoms with Crippen LogP contribution in [0.15, 0.2) is 29.6 Å². The second-order valence-electron chi connectivity index (χ2n) is 3.80. The first kappa shape index (κ1) is 12.8. The van der Waals surface area contributed by atoms with Crippen LogP contribution in [0, 0.1) is 0 Å². The molecule has 3 N–H and O–H groups in total. The highest BCUT2D eigenvalue weighted by Gasteiger charge is 2.16. The van der Waals surface area contributed by atoms with Crippen LogP contribution in [0.2, 0.25) is 0 Å². The van der Waals surface area contributed by atoms with Crippen molar-refractivity contribution in [3.05, 3.63) is 36.2 Å². The molecule has 0 unspecified atom stereocenters. The minimum absolute atomic E-state index is 0.0979. The van der Waals surface area contributed by atoms with Gasteiger partial charge in [-0.25, -0.2) is 18.1 Å². The lowest BCUT2D eigenvalue weighted by Gasteiger charge is -2.04. The molecule has 2 rings (SSSR count). The molecule has 7 nitrogen and oxygen atoms in total. The number of aliphatic hydroxyl groups is 1. The van der Waals surface area contributed by atoms with E-state index in [0.717, 1.165) is 0 Å². The van der Waals surface area contributed by atoms with Gasteiger partial charge in [0.1, 0.15) is 5.82 Å². The normalized spacial score (nSPS) is 11.9. The quantitative estimate of drug-likeness (QED) is 0.695. The fraction of sp³-hybridized carbons (Fsp3) is 0.300. The summed E-state index contributed by atoms with van der Waals surface area (Å²) in [6.45, 7) is -0.111. The molecule has 0 saturated heterocycles. The molecular formula is C10H14N4O3S. The molecule has 0 aromatic carbocycles. The first-order valence-electron chi connectivity index (χ1n) is 5.27. The number of aliphatic hydroxyl groups excluding tert-OH is 1. The number of nitrogens with zero attached hydrogens (tertiary/aromatic N) is 2. The molecule has 0 aliphatic carbocycles. The van der Waals surface area contributed by atoms with E-state index in [1.807, 2.05) is 0 Å². The maximum Gasteiger partial charge on any atom is 0.242 e. The molecule has 0 aliphatic rings. The molecular weight excluding hydrogens is 256 g/mol. The van der Waals surface area contributed by atoms with Gasteiger partial charge in [0.2, 0.25) is 10.0 Å². The fourth-order valence-electron chi connectivity index (χ4n) is 1.48. The maximum absolute atomic E-state index is 11.9. The van der Waals surface area contributed by atoms with E-state index in [2.05, 4.69) is 14.7 Å². The molecule has 0 fully saturated rings. The first-order chi connectivity index (χ1) is 8.53. The third-order valence-corrected chi connectivity index (χ3v) is 3.92. The second kappa shape index (κ2) is 4.92. The highest BCUT2D eigenvalue weighted by atomic mass is 32.2. The van der Waals surface area contributed by atoms with Gasteiger partial charge >= 0.3 is 0 Å². The van der Waals surface area contributed by atoms with E-state index in [9.17, 15) is 8.42 Å². The summed E-state index contributed by atoms with van der Waals surface area (Å²) in [4.78, 5) is 6.80. The lowest BCUT2D eigenvalue weighted by molar-refractivity contribution is 0.277. The fourth-order valence-corrected chi connectivity index (χ4v) is 2.47. The molecule has 8 heteroatoms. The van der Waals surface area contributed by atoms with Crippen LogP contribution >= 0.6 is 0 Å². The molecule has 2 aromatic rings. The third kappa shape index (κ3) is 2.61. The molecule has 0 spiro atoms. The Bertz CT molecular complexity index is 629. The Morgan fingerprint density at radius 1 is 1.56 bits per heavy atom. The summed E-state index contributed by atoms with van der Waals surface area (Å²) in [5, 5.41) is 8.87. The van der Waals surface area contributed by atoms with Crippen LogP contribution < -0.4 is 4.72 Å². The highest BCUT2D eigenvalue weighted by molar-refractivity contribution is 7.89. The Balaban J connectivity index is 2.10. The van der Waals surface area contributed by atoms with E-state index in [0.29, 0.717) is 11.5 Å². The van der Waals surface area contributed by atoms with Gasteiger partial charge < -0.3 is 14.7 Å². The van der Waals surface area contributed by atoms with Crippen molar-refractivity contribution in [3.8, 4) is 0 Å². The predicted octanol–water partition coefficient (Wildman–Crippen LogP) is -0.281. The van der Waals surface area contributed by atoms with Gasteiger partial charge in [0, 0.05) is 31.3 Å². The number of rotatable bonds is 5. The Labute approximate surface area is 105 Å².